The molecule has 0 aliphatic heterocycles. The second-order valence-corrected chi connectivity index (χ2v) is 4.02. The minimum Gasteiger partial charge on any atom is -0.309 e. The largest absolute Gasteiger partial charge is 0.309 e. The molecule has 0 aliphatic carbocycles. The van der Waals surface area contributed by atoms with Crippen molar-refractivity contribution in [1.29, 1.82) is 0 Å². The molecule has 2 aromatic carbocycles. The molecule has 1 N–H and O–H groups in total. The summed E-state index contributed by atoms with van der Waals surface area (Å²) in [5.74, 6) is 0. The summed E-state index contributed by atoms with van der Waals surface area (Å²) < 4.78 is 0. The number of rotatable bonds is 4. The van der Waals surface area contributed by atoms with E-state index in [0.717, 1.165) is 13.1 Å². The van der Waals surface area contributed by atoms with E-state index in [9.17, 15) is 0 Å². The third-order valence-electron chi connectivity index (χ3n) is 2.75. The van der Waals surface area contributed by atoms with Crippen molar-refractivity contribution in [3.8, 4) is 0 Å². The van der Waals surface area contributed by atoms with Crippen LogP contribution in [0.15, 0.2) is 54.6 Å². The summed E-state index contributed by atoms with van der Waals surface area (Å²) in [6.45, 7) is 4.01. The smallest absolute Gasteiger partial charge is 0.0211 e. The zero-order valence-electron chi connectivity index (χ0n) is 9.61. The second kappa shape index (κ2) is 5.47. The lowest BCUT2D eigenvalue weighted by Gasteiger charge is -2.07. The van der Waals surface area contributed by atoms with Crippen molar-refractivity contribution in [3.63, 3.8) is 0 Å². The Morgan fingerprint density at radius 3 is 2.25 bits per heavy atom. The highest BCUT2D eigenvalue weighted by Gasteiger charge is 1.96. The predicted octanol–water partition coefficient (Wildman–Crippen LogP) is 3.28. The van der Waals surface area contributed by atoms with Crippen molar-refractivity contribution < 1.29 is 0 Å². The highest BCUT2D eigenvalue weighted by atomic mass is 14.8. The summed E-state index contributed by atoms with van der Waals surface area (Å²) in [5, 5.41) is 3.46. The van der Waals surface area contributed by atoms with Gasteiger partial charge in [0, 0.05) is 13.1 Å². The number of aryl methyl sites for hydroxylation is 1. The van der Waals surface area contributed by atoms with Gasteiger partial charge in [0.25, 0.3) is 0 Å². The van der Waals surface area contributed by atoms with Crippen molar-refractivity contribution in [1.82, 2.24) is 5.32 Å². The molecule has 0 amide bonds. The van der Waals surface area contributed by atoms with E-state index < -0.39 is 0 Å². The average molecular weight is 211 g/mol. The van der Waals surface area contributed by atoms with Gasteiger partial charge >= 0.3 is 0 Å². The van der Waals surface area contributed by atoms with Crippen LogP contribution >= 0.6 is 0 Å². The maximum absolute atomic E-state index is 3.46. The molecule has 2 rings (SSSR count). The van der Waals surface area contributed by atoms with Gasteiger partial charge < -0.3 is 5.32 Å². The van der Waals surface area contributed by atoms with E-state index in [1.165, 1.54) is 16.7 Å². The molecule has 0 heterocycles. The van der Waals surface area contributed by atoms with Gasteiger partial charge in [-0.25, -0.2) is 0 Å². The van der Waals surface area contributed by atoms with E-state index in [1.807, 2.05) is 6.07 Å². The van der Waals surface area contributed by atoms with Crippen LogP contribution in [0.25, 0.3) is 0 Å². The fourth-order valence-electron chi connectivity index (χ4n) is 1.75. The zero-order chi connectivity index (χ0) is 11.2. The summed E-state index contributed by atoms with van der Waals surface area (Å²) >= 11 is 0. The third kappa shape index (κ3) is 2.94. The predicted molar refractivity (Wildman–Crippen MR) is 68.2 cm³/mol. The lowest BCUT2D eigenvalue weighted by atomic mass is 10.1. The molecular weight excluding hydrogens is 194 g/mol. The van der Waals surface area contributed by atoms with Crippen LogP contribution in [-0.4, -0.2) is 0 Å². The van der Waals surface area contributed by atoms with E-state index in [0.29, 0.717) is 0 Å². The first kappa shape index (κ1) is 10.9. The lowest BCUT2D eigenvalue weighted by Crippen LogP contribution is -2.13. The monoisotopic (exact) mass is 211 g/mol. The van der Waals surface area contributed by atoms with Crippen LogP contribution in [0.5, 0.6) is 0 Å². The SMILES string of the molecule is Cc1ccccc1CNCc1ccccc1. The van der Waals surface area contributed by atoms with Gasteiger partial charge in [-0.15, -0.1) is 0 Å². The van der Waals surface area contributed by atoms with E-state index in [1.54, 1.807) is 0 Å². The summed E-state index contributed by atoms with van der Waals surface area (Å²) in [6.07, 6.45) is 0. The molecule has 1 nitrogen and oxygen atoms in total. The first-order valence-corrected chi connectivity index (χ1v) is 5.65. The number of benzene rings is 2. The standard InChI is InChI=1S/C15H17N/c1-13-7-5-6-10-15(13)12-16-11-14-8-3-2-4-9-14/h2-10,16H,11-12H2,1H3. The highest BCUT2D eigenvalue weighted by molar-refractivity contribution is 5.25. The van der Waals surface area contributed by atoms with Crippen LogP contribution in [0.4, 0.5) is 0 Å². The Morgan fingerprint density at radius 2 is 1.50 bits per heavy atom. The normalized spacial score (nSPS) is 10.3. The summed E-state index contributed by atoms with van der Waals surface area (Å²) in [5.41, 5.74) is 4.05. The van der Waals surface area contributed by atoms with Crippen LogP contribution in [0.1, 0.15) is 16.7 Å². The van der Waals surface area contributed by atoms with E-state index in [-0.39, 0.29) is 0 Å². The lowest BCUT2D eigenvalue weighted by molar-refractivity contribution is 0.691. The van der Waals surface area contributed by atoms with Crippen molar-refractivity contribution in [2.75, 3.05) is 0 Å². The molecular formula is C15H17N. The van der Waals surface area contributed by atoms with Crippen LogP contribution in [0.2, 0.25) is 0 Å². The molecule has 1 heteroatoms. The molecule has 2 aromatic rings. The molecule has 0 unspecified atom stereocenters. The molecule has 16 heavy (non-hydrogen) atoms. The van der Waals surface area contributed by atoms with Gasteiger partial charge in [0.2, 0.25) is 0 Å². The number of hydrogen-bond acceptors (Lipinski definition) is 1. The first-order chi connectivity index (χ1) is 7.86. The van der Waals surface area contributed by atoms with Crippen LogP contribution in [0, 0.1) is 6.92 Å². The van der Waals surface area contributed by atoms with E-state index in [2.05, 4.69) is 60.8 Å². The molecule has 0 aliphatic rings. The van der Waals surface area contributed by atoms with Gasteiger partial charge in [-0.05, 0) is 23.6 Å². The second-order valence-electron chi connectivity index (χ2n) is 4.02. The minimum atomic E-state index is 0.926. The third-order valence-corrected chi connectivity index (χ3v) is 2.75. The van der Waals surface area contributed by atoms with Crippen LogP contribution in [0.3, 0.4) is 0 Å². The van der Waals surface area contributed by atoms with E-state index >= 15 is 0 Å². The molecule has 0 radical (unpaired) electrons. The molecule has 0 saturated carbocycles. The summed E-state index contributed by atoms with van der Waals surface area (Å²) in [4.78, 5) is 0. The molecule has 0 fully saturated rings. The first-order valence-electron chi connectivity index (χ1n) is 5.65. The molecule has 0 atom stereocenters. The average Bonchev–Trinajstić information content (AvgIpc) is 2.33. The maximum atomic E-state index is 3.46. The minimum absolute atomic E-state index is 0.926. The molecule has 0 bridgehead atoms. The fraction of sp³-hybridized carbons (Fsp3) is 0.200. The van der Waals surface area contributed by atoms with Gasteiger partial charge in [-0.1, -0.05) is 54.6 Å². The Hall–Kier alpha value is -1.60. The van der Waals surface area contributed by atoms with Gasteiger partial charge in [0.05, 0.1) is 0 Å². The quantitative estimate of drug-likeness (QED) is 0.818. The van der Waals surface area contributed by atoms with Gasteiger partial charge in [0.1, 0.15) is 0 Å². The van der Waals surface area contributed by atoms with Crippen molar-refractivity contribution >= 4 is 0 Å². The Bertz CT molecular complexity index is 434. The maximum Gasteiger partial charge on any atom is 0.0211 e. The molecule has 0 spiro atoms. The van der Waals surface area contributed by atoms with Crippen LogP contribution in [-0.2, 0) is 13.1 Å². The van der Waals surface area contributed by atoms with Gasteiger partial charge in [0.15, 0.2) is 0 Å². The zero-order valence-corrected chi connectivity index (χ0v) is 9.61. The Morgan fingerprint density at radius 1 is 0.812 bits per heavy atom. The summed E-state index contributed by atoms with van der Waals surface area (Å²) in [7, 11) is 0. The Balaban J connectivity index is 1.87. The molecule has 0 aromatic heterocycles. The topological polar surface area (TPSA) is 12.0 Å². The van der Waals surface area contributed by atoms with Crippen molar-refractivity contribution in [2.45, 2.75) is 20.0 Å². The van der Waals surface area contributed by atoms with E-state index in [4.69, 9.17) is 0 Å². The number of hydrogen-bond donors (Lipinski definition) is 1. The van der Waals surface area contributed by atoms with Gasteiger partial charge in [-0.2, -0.15) is 0 Å². The summed E-state index contributed by atoms with van der Waals surface area (Å²) in [6, 6.07) is 19.0. The Labute approximate surface area is 97.1 Å². The molecule has 0 saturated heterocycles. The van der Waals surface area contributed by atoms with Crippen molar-refractivity contribution in [2.24, 2.45) is 0 Å². The molecule has 82 valence electrons. The fourth-order valence-corrected chi connectivity index (χ4v) is 1.75. The van der Waals surface area contributed by atoms with Gasteiger partial charge in [-0.3, -0.25) is 0 Å². The Kier molecular flexibility index (Phi) is 3.73. The highest BCUT2D eigenvalue weighted by Crippen LogP contribution is 2.06. The number of nitrogens with one attached hydrogen (secondary N) is 1. The van der Waals surface area contributed by atoms with Crippen molar-refractivity contribution in [3.05, 3.63) is 71.3 Å². The van der Waals surface area contributed by atoms with Crippen LogP contribution < -0.4 is 5.32 Å².